The van der Waals surface area contributed by atoms with Gasteiger partial charge in [-0.25, -0.2) is 0 Å². The highest BCUT2D eigenvalue weighted by atomic mass is 79.9. The lowest BCUT2D eigenvalue weighted by Crippen LogP contribution is -2.18. The van der Waals surface area contributed by atoms with E-state index in [9.17, 15) is 0 Å². The molecule has 112 valence electrons. The van der Waals surface area contributed by atoms with Crippen molar-refractivity contribution in [3.63, 3.8) is 0 Å². The van der Waals surface area contributed by atoms with Crippen LogP contribution in [0.5, 0.6) is 0 Å². The van der Waals surface area contributed by atoms with Crippen LogP contribution >= 0.6 is 15.9 Å². The van der Waals surface area contributed by atoms with Crippen molar-refractivity contribution in [3.8, 4) is 0 Å². The monoisotopic (exact) mass is 345 g/mol. The Morgan fingerprint density at radius 2 is 1.43 bits per heavy atom. The first-order valence-electron chi connectivity index (χ1n) is 7.61. The summed E-state index contributed by atoms with van der Waals surface area (Å²) in [6.07, 6.45) is 1.16. The van der Waals surface area contributed by atoms with Gasteiger partial charge in [0.1, 0.15) is 0 Å². The van der Waals surface area contributed by atoms with Crippen LogP contribution in [0.1, 0.15) is 43.5 Å². The lowest BCUT2D eigenvalue weighted by atomic mass is 10.0. The van der Waals surface area contributed by atoms with Crippen molar-refractivity contribution in [2.24, 2.45) is 5.92 Å². The van der Waals surface area contributed by atoms with Gasteiger partial charge in [0.2, 0.25) is 0 Å². The highest BCUT2D eigenvalue weighted by molar-refractivity contribution is 9.10. The number of benzene rings is 2. The first-order valence-corrected chi connectivity index (χ1v) is 8.40. The molecule has 2 heteroatoms. The third kappa shape index (κ3) is 5.29. The van der Waals surface area contributed by atoms with E-state index in [2.05, 4.69) is 90.5 Å². The summed E-state index contributed by atoms with van der Waals surface area (Å²) in [5.74, 6) is 0.714. The molecule has 1 N–H and O–H groups in total. The van der Waals surface area contributed by atoms with E-state index in [0.717, 1.165) is 17.4 Å². The second-order valence-electron chi connectivity index (χ2n) is 6.07. The zero-order chi connectivity index (χ0) is 15.2. The van der Waals surface area contributed by atoms with E-state index in [1.165, 1.54) is 16.7 Å². The van der Waals surface area contributed by atoms with Gasteiger partial charge in [-0.05, 0) is 48.1 Å². The zero-order valence-corrected chi connectivity index (χ0v) is 14.7. The lowest BCUT2D eigenvalue weighted by Gasteiger charge is -2.15. The summed E-state index contributed by atoms with van der Waals surface area (Å²) in [5.41, 5.74) is 4.08. The summed E-state index contributed by atoms with van der Waals surface area (Å²) in [6, 6.07) is 17.8. The van der Waals surface area contributed by atoms with Crippen LogP contribution in [-0.4, -0.2) is 0 Å². The standard InChI is InChI=1S/C19H24BrN/c1-14(2)12-16-4-6-17(7-5-16)13-21-15(3)18-8-10-19(20)11-9-18/h4-11,14-15,21H,12-13H2,1-3H3. The van der Waals surface area contributed by atoms with Crippen molar-refractivity contribution >= 4 is 15.9 Å². The summed E-state index contributed by atoms with van der Waals surface area (Å²) in [4.78, 5) is 0. The van der Waals surface area contributed by atoms with Crippen LogP contribution in [0.3, 0.4) is 0 Å². The molecule has 0 bridgehead atoms. The molecule has 1 atom stereocenters. The van der Waals surface area contributed by atoms with Gasteiger partial charge in [-0.3, -0.25) is 0 Å². The molecule has 0 saturated carbocycles. The highest BCUT2D eigenvalue weighted by Gasteiger charge is 2.05. The van der Waals surface area contributed by atoms with Gasteiger partial charge in [0.05, 0.1) is 0 Å². The average Bonchev–Trinajstić information content (AvgIpc) is 2.46. The van der Waals surface area contributed by atoms with Gasteiger partial charge >= 0.3 is 0 Å². The fourth-order valence-corrected chi connectivity index (χ4v) is 2.67. The smallest absolute Gasteiger partial charge is 0.0294 e. The minimum atomic E-state index is 0.355. The van der Waals surface area contributed by atoms with E-state index in [1.807, 2.05) is 0 Å². The molecule has 0 fully saturated rings. The summed E-state index contributed by atoms with van der Waals surface area (Å²) >= 11 is 3.47. The SMILES string of the molecule is CC(C)Cc1ccc(CNC(C)c2ccc(Br)cc2)cc1. The van der Waals surface area contributed by atoms with E-state index in [0.29, 0.717) is 12.0 Å². The van der Waals surface area contributed by atoms with Crippen molar-refractivity contribution in [2.75, 3.05) is 0 Å². The van der Waals surface area contributed by atoms with Gasteiger partial charge in [0.15, 0.2) is 0 Å². The maximum Gasteiger partial charge on any atom is 0.0294 e. The quantitative estimate of drug-likeness (QED) is 0.728. The largest absolute Gasteiger partial charge is 0.306 e. The second kappa shape index (κ2) is 7.77. The van der Waals surface area contributed by atoms with Crippen LogP contribution in [0.25, 0.3) is 0 Å². The number of nitrogens with one attached hydrogen (secondary N) is 1. The Labute approximate surface area is 136 Å². The third-order valence-corrected chi connectivity index (χ3v) is 4.18. The molecule has 2 aromatic rings. The molecule has 2 aromatic carbocycles. The molecule has 0 aliphatic rings. The fraction of sp³-hybridized carbons (Fsp3) is 0.368. The summed E-state index contributed by atoms with van der Waals surface area (Å²) < 4.78 is 1.12. The predicted molar refractivity (Wildman–Crippen MR) is 94.4 cm³/mol. The molecule has 0 radical (unpaired) electrons. The van der Waals surface area contributed by atoms with E-state index >= 15 is 0 Å². The summed E-state index contributed by atoms with van der Waals surface area (Å²) in [5, 5.41) is 3.58. The minimum Gasteiger partial charge on any atom is -0.306 e. The normalized spacial score (nSPS) is 12.6. The van der Waals surface area contributed by atoms with Gasteiger partial charge in [0, 0.05) is 17.1 Å². The van der Waals surface area contributed by atoms with Gasteiger partial charge in [-0.15, -0.1) is 0 Å². The predicted octanol–water partition coefficient (Wildman–Crippen LogP) is 5.50. The molecule has 1 nitrogen and oxygen atoms in total. The molecule has 0 saturated heterocycles. The van der Waals surface area contributed by atoms with Crippen LogP contribution in [0, 0.1) is 5.92 Å². The topological polar surface area (TPSA) is 12.0 Å². The molecule has 0 spiro atoms. The van der Waals surface area contributed by atoms with E-state index < -0.39 is 0 Å². The van der Waals surface area contributed by atoms with Crippen molar-refractivity contribution in [2.45, 2.75) is 39.8 Å². The summed E-state index contributed by atoms with van der Waals surface area (Å²) in [7, 11) is 0. The number of hydrogen-bond acceptors (Lipinski definition) is 1. The Kier molecular flexibility index (Phi) is 6.01. The van der Waals surface area contributed by atoms with Crippen LogP contribution in [0.4, 0.5) is 0 Å². The Bertz CT molecular complexity index is 543. The number of hydrogen-bond donors (Lipinski definition) is 1. The lowest BCUT2D eigenvalue weighted by molar-refractivity contribution is 0.574. The minimum absolute atomic E-state index is 0.355. The van der Waals surface area contributed by atoms with E-state index in [4.69, 9.17) is 0 Å². The number of rotatable bonds is 6. The Hall–Kier alpha value is -1.12. The zero-order valence-electron chi connectivity index (χ0n) is 13.1. The van der Waals surface area contributed by atoms with Gasteiger partial charge in [0.25, 0.3) is 0 Å². The molecular weight excluding hydrogens is 322 g/mol. The molecule has 0 aromatic heterocycles. The van der Waals surface area contributed by atoms with Crippen LogP contribution in [0.15, 0.2) is 53.0 Å². The Balaban J connectivity index is 1.88. The Morgan fingerprint density at radius 3 is 2.00 bits per heavy atom. The van der Waals surface area contributed by atoms with Gasteiger partial charge < -0.3 is 5.32 Å². The van der Waals surface area contributed by atoms with Gasteiger partial charge in [-0.2, -0.15) is 0 Å². The van der Waals surface area contributed by atoms with Crippen LogP contribution in [0.2, 0.25) is 0 Å². The fourth-order valence-electron chi connectivity index (χ4n) is 2.40. The first-order chi connectivity index (χ1) is 10.0. The molecule has 0 amide bonds. The average molecular weight is 346 g/mol. The molecule has 2 rings (SSSR count). The molecule has 0 heterocycles. The first kappa shape index (κ1) is 16.3. The van der Waals surface area contributed by atoms with Crippen molar-refractivity contribution in [1.82, 2.24) is 5.32 Å². The molecule has 0 aliphatic heterocycles. The summed E-state index contributed by atoms with van der Waals surface area (Å²) in [6.45, 7) is 7.63. The molecule has 21 heavy (non-hydrogen) atoms. The van der Waals surface area contributed by atoms with Gasteiger partial charge in [-0.1, -0.05) is 66.2 Å². The third-order valence-electron chi connectivity index (χ3n) is 3.65. The van der Waals surface area contributed by atoms with Crippen LogP contribution < -0.4 is 5.32 Å². The second-order valence-corrected chi connectivity index (χ2v) is 6.98. The highest BCUT2D eigenvalue weighted by Crippen LogP contribution is 2.17. The molecule has 0 aliphatic carbocycles. The van der Waals surface area contributed by atoms with E-state index in [1.54, 1.807) is 0 Å². The van der Waals surface area contributed by atoms with Crippen molar-refractivity contribution < 1.29 is 0 Å². The molecular formula is C19H24BrN. The van der Waals surface area contributed by atoms with Crippen molar-refractivity contribution in [3.05, 3.63) is 69.7 Å². The Morgan fingerprint density at radius 1 is 0.857 bits per heavy atom. The maximum atomic E-state index is 3.58. The van der Waals surface area contributed by atoms with E-state index in [-0.39, 0.29) is 0 Å². The number of halogens is 1. The maximum absolute atomic E-state index is 3.58. The molecule has 1 unspecified atom stereocenters. The van der Waals surface area contributed by atoms with Crippen LogP contribution in [-0.2, 0) is 13.0 Å². The van der Waals surface area contributed by atoms with Crippen molar-refractivity contribution in [1.29, 1.82) is 0 Å².